The predicted molar refractivity (Wildman–Crippen MR) is 117 cm³/mol. The van der Waals surface area contributed by atoms with Gasteiger partial charge in [0.1, 0.15) is 17.3 Å². The predicted octanol–water partition coefficient (Wildman–Crippen LogP) is 6.99. The van der Waals surface area contributed by atoms with E-state index in [-0.39, 0.29) is 11.3 Å². The van der Waals surface area contributed by atoms with E-state index in [2.05, 4.69) is 16.6 Å². The quantitative estimate of drug-likeness (QED) is 0.132. The van der Waals surface area contributed by atoms with E-state index in [1.54, 1.807) is 0 Å². The Balaban J connectivity index is 1.59. The first kappa shape index (κ1) is 28.4. The molecule has 3 nitrogen and oxygen atoms in total. The first-order valence-corrected chi connectivity index (χ1v) is 10.5. The molecule has 0 aliphatic rings. The molecule has 0 bridgehead atoms. The van der Waals surface area contributed by atoms with Crippen molar-refractivity contribution in [3.8, 4) is 23.3 Å². The number of carbonyl (C=O) groups excluding carboxylic acids is 1. The summed E-state index contributed by atoms with van der Waals surface area (Å²) in [5.74, 6) is -14.2. The van der Waals surface area contributed by atoms with Crippen LogP contribution >= 0.6 is 0 Å². The van der Waals surface area contributed by atoms with Crippen molar-refractivity contribution < 1.29 is 53.8 Å². The molecule has 0 radical (unpaired) electrons. The van der Waals surface area contributed by atoms with Crippen molar-refractivity contribution in [1.29, 1.82) is 0 Å². The van der Waals surface area contributed by atoms with E-state index in [0.717, 1.165) is 24.3 Å². The van der Waals surface area contributed by atoms with Crippen LogP contribution in [0.15, 0.2) is 72.8 Å². The number of alkyl halides is 8. The summed E-state index contributed by atoms with van der Waals surface area (Å²) >= 11 is 0. The maximum atomic E-state index is 13.6. The van der Waals surface area contributed by atoms with Crippen LogP contribution in [0.3, 0.4) is 0 Å². The molecule has 3 rings (SSSR count). The van der Waals surface area contributed by atoms with Crippen LogP contribution in [-0.2, 0) is 0 Å². The number of rotatable bonds is 8. The third kappa shape index (κ3) is 6.40. The van der Waals surface area contributed by atoms with Gasteiger partial charge in [-0.15, -0.1) is 0 Å². The summed E-state index contributed by atoms with van der Waals surface area (Å²) in [5.41, 5.74) is 0.949. The Morgan fingerprint density at radius 2 is 1.21 bits per heavy atom. The molecule has 0 saturated heterocycles. The van der Waals surface area contributed by atoms with Gasteiger partial charge in [-0.05, 0) is 72.8 Å². The lowest BCUT2D eigenvalue weighted by molar-refractivity contribution is -0.342. The average molecular weight is 546 g/mol. The van der Waals surface area contributed by atoms with Crippen LogP contribution in [0.1, 0.15) is 21.5 Å². The summed E-state index contributed by atoms with van der Waals surface area (Å²) in [6, 6.07) is 15.3. The molecule has 38 heavy (non-hydrogen) atoms. The number of esters is 1. The summed E-state index contributed by atoms with van der Waals surface area (Å²) < 4.78 is 126. The molecule has 3 aromatic carbocycles. The minimum Gasteiger partial charge on any atom is -0.487 e. The number of benzene rings is 3. The minimum absolute atomic E-state index is 0.145. The van der Waals surface area contributed by atoms with Crippen LogP contribution in [0.4, 0.5) is 39.5 Å². The molecule has 0 amide bonds. The van der Waals surface area contributed by atoms with Gasteiger partial charge in [-0.3, -0.25) is 0 Å². The Kier molecular flexibility index (Phi) is 8.29. The highest BCUT2D eigenvalue weighted by Gasteiger charge is 2.75. The van der Waals surface area contributed by atoms with Crippen molar-refractivity contribution in [3.63, 3.8) is 0 Å². The van der Waals surface area contributed by atoms with Crippen LogP contribution in [0, 0.1) is 17.7 Å². The maximum Gasteiger partial charge on any atom is 0.381 e. The lowest BCUT2D eigenvalue weighted by Gasteiger charge is -2.31. The topological polar surface area (TPSA) is 35.5 Å². The zero-order valence-electron chi connectivity index (χ0n) is 18.8. The van der Waals surface area contributed by atoms with E-state index in [1.165, 1.54) is 48.5 Å². The highest BCUT2D eigenvalue weighted by atomic mass is 19.4. The number of carbonyl (C=O) groups is 1. The van der Waals surface area contributed by atoms with Crippen LogP contribution in [0.25, 0.3) is 0 Å². The second-order valence-corrected chi connectivity index (χ2v) is 7.69. The number of halogens is 9. The highest BCUT2D eigenvalue weighted by molar-refractivity contribution is 5.91. The molecule has 0 fully saturated rings. The third-order valence-electron chi connectivity index (χ3n) is 4.92. The zero-order valence-corrected chi connectivity index (χ0v) is 18.8. The molecular weight excluding hydrogens is 531 g/mol. The van der Waals surface area contributed by atoms with Crippen molar-refractivity contribution in [2.75, 3.05) is 6.61 Å². The largest absolute Gasteiger partial charge is 0.487 e. The van der Waals surface area contributed by atoms with Crippen molar-refractivity contribution in [2.24, 2.45) is 0 Å². The van der Waals surface area contributed by atoms with Crippen LogP contribution < -0.4 is 9.47 Å². The third-order valence-corrected chi connectivity index (χ3v) is 4.92. The first-order chi connectivity index (χ1) is 17.7. The van der Waals surface area contributed by atoms with Crippen molar-refractivity contribution >= 4 is 5.97 Å². The van der Waals surface area contributed by atoms with Crippen molar-refractivity contribution in [1.82, 2.24) is 0 Å². The van der Waals surface area contributed by atoms with E-state index < -0.39 is 48.3 Å². The van der Waals surface area contributed by atoms with Gasteiger partial charge in [0.2, 0.25) is 0 Å². The van der Waals surface area contributed by atoms with Crippen LogP contribution in [0.5, 0.6) is 11.5 Å². The molecule has 0 N–H and O–H groups in total. The summed E-state index contributed by atoms with van der Waals surface area (Å²) in [5, 5.41) is 0. The maximum absolute atomic E-state index is 13.6. The van der Waals surface area contributed by atoms with Crippen molar-refractivity contribution in [3.05, 3.63) is 95.3 Å². The van der Waals surface area contributed by atoms with Gasteiger partial charge in [0.25, 0.3) is 0 Å². The van der Waals surface area contributed by atoms with Crippen LogP contribution in [0.2, 0.25) is 0 Å². The van der Waals surface area contributed by atoms with Gasteiger partial charge in [0.15, 0.2) is 6.61 Å². The summed E-state index contributed by atoms with van der Waals surface area (Å²) in [6.45, 7) is -2.27. The molecule has 0 heterocycles. The Morgan fingerprint density at radius 1 is 0.737 bits per heavy atom. The Bertz CT molecular complexity index is 1310. The van der Waals surface area contributed by atoms with E-state index in [0.29, 0.717) is 11.1 Å². The summed E-state index contributed by atoms with van der Waals surface area (Å²) in [6.07, 6.45) is -5.01. The second-order valence-electron chi connectivity index (χ2n) is 7.69. The number of hydrogen-bond acceptors (Lipinski definition) is 3. The van der Waals surface area contributed by atoms with Gasteiger partial charge in [-0.2, -0.15) is 26.3 Å². The Labute approximate surface area is 209 Å². The molecule has 0 unspecified atom stereocenters. The molecule has 3 aromatic rings. The second kappa shape index (κ2) is 11.1. The highest BCUT2D eigenvalue weighted by Crippen LogP contribution is 2.48. The van der Waals surface area contributed by atoms with E-state index in [4.69, 9.17) is 4.74 Å². The van der Waals surface area contributed by atoms with Crippen LogP contribution in [-0.4, -0.2) is 36.8 Å². The van der Waals surface area contributed by atoms with Gasteiger partial charge in [-0.25, -0.2) is 18.0 Å². The fourth-order valence-corrected chi connectivity index (χ4v) is 2.78. The monoisotopic (exact) mass is 546 g/mol. The van der Waals surface area contributed by atoms with E-state index >= 15 is 0 Å². The molecule has 200 valence electrons. The zero-order chi connectivity index (χ0) is 28.1. The number of ether oxygens (including phenoxy) is 2. The van der Waals surface area contributed by atoms with Gasteiger partial charge in [0, 0.05) is 11.1 Å². The normalized spacial score (nSPS) is 12.1. The molecule has 0 aliphatic heterocycles. The molecule has 0 aliphatic carbocycles. The van der Waals surface area contributed by atoms with Gasteiger partial charge in [0.05, 0.1) is 5.56 Å². The fourth-order valence-electron chi connectivity index (χ4n) is 2.78. The van der Waals surface area contributed by atoms with Gasteiger partial charge >= 0.3 is 30.2 Å². The van der Waals surface area contributed by atoms with E-state index in [9.17, 15) is 44.3 Å². The lowest BCUT2D eigenvalue weighted by atomic mass is 10.1. The summed E-state index contributed by atoms with van der Waals surface area (Å²) in [4.78, 5) is 12.0. The molecule has 0 spiro atoms. The van der Waals surface area contributed by atoms with Gasteiger partial charge in [-0.1, -0.05) is 11.8 Å². The smallest absolute Gasteiger partial charge is 0.381 e. The standard InChI is InChI=1S/C26H15F9O3/c27-19-9-7-18(8-10-19)22(36)38-21-13-5-17(6-14-21)2-1-16-3-11-20(12-4-16)37-15-24(30,31)26(34,35)25(32,33)23(28)29/h3-14,23H,15H2. The SMILES string of the molecule is O=C(Oc1ccc(C#Cc2ccc(OCC(F)(F)C(F)(F)C(F)(F)C(F)F)cc2)cc1)c1ccc(F)cc1. The average Bonchev–Trinajstić information content (AvgIpc) is 2.87. The molecular formula is C26H15F9O3. The lowest BCUT2D eigenvalue weighted by Crippen LogP contribution is -2.59. The molecule has 0 atom stereocenters. The molecule has 0 aromatic heterocycles. The first-order valence-electron chi connectivity index (χ1n) is 10.5. The number of hydrogen-bond donors (Lipinski definition) is 0. The summed E-state index contributed by atoms with van der Waals surface area (Å²) in [7, 11) is 0. The minimum atomic E-state index is -6.35. The van der Waals surface area contributed by atoms with Crippen molar-refractivity contribution in [2.45, 2.75) is 24.2 Å². The Morgan fingerprint density at radius 3 is 1.68 bits per heavy atom. The van der Waals surface area contributed by atoms with E-state index in [1.807, 2.05) is 0 Å². The fraction of sp³-hybridized carbons (Fsp3) is 0.192. The van der Waals surface area contributed by atoms with Gasteiger partial charge < -0.3 is 9.47 Å². The molecule has 0 saturated carbocycles. The molecule has 12 heteroatoms. The Hall–Kier alpha value is -4.14.